The van der Waals surface area contributed by atoms with Crippen LogP contribution in [-0.2, 0) is 18.3 Å². The molecule has 0 bridgehead atoms. The number of hydrogen-bond donors (Lipinski definition) is 1. The minimum Gasteiger partial charge on any atom is -0.386 e. The molecule has 1 fully saturated rings. The van der Waals surface area contributed by atoms with Crippen LogP contribution in [0.15, 0.2) is 33.6 Å². The first kappa shape index (κ1) is 23.6. The molecule has 184 valence electrons. The number of nitrogens with zero attached hydrogens (tertiary/aromatic N) is 6. The normalized spacial score (nSPS) is 18.3. The average Bonchev–Trinajstić information content (AvgIpc) is 3.58. The fourth-order valence-electron chi connectivity index (χ4n) is 4.09. The van der Waals surface area contributed by atoms with Gasteiger partial charge in [0, 0.05) is 42.2 Å². The summed E-state index contributed by atoms with van der Waals surface area (Å²) in [6.45, 7) is 5.21. The van der Waals surface area contributed by atoms with Crippen molar-refractivity contribution in [3.05, 3.63) is 60.8 Å². The highest BCUT2D eigenvalue weighted by molar-refractivity contribution is 7.19. The number of rotatable bonds is 5. The quantitative estimate of drug-likeness (QED) is 0.428. The van der Waals surface area contributed by atoms with Gasteiger partial charge < -0.3 is 5.11 Å². The molecule has 1 atom stereocenters. The minimum atomic E-state index is -1.19. The summed E-state index contributed by atoms with van der Waals surface area (Å²) < 4.78 is 4.21. The summed E-state index contributed by atoms with van der Waals surface area (Å²) in [7, 11) is 1.41. The lowest BCUT2D eigenvalue weighted by Crippen LogP contribution is -2.39. The number of carbonyl (C=O) groups is 1. The topological polar surface area (TPSA) is 124 Å². The van der Waals surface area contributed by atoms with Crippen molar-refractivity contribution in [2.24, 2.45) is 7.05 Å². The molecule has 4 aromatic heterocycles. The Morgan fingerprint density at radius 1 is 1.34 bits per heavy atom. The lowest BCUT2D eigenvalue weighted by atomic mass is 10.1. The smallest absolute Gasteiger partial charge is 0.332 e. The van der Waals surface area contributed by atoms with Crippen LogP contribution in [0.25, 0.3) is 15.3 Å². The summed E-state index contributed by atoms with van der Waals surface area (Å²) in [6.07, 6.45) is 5.51. The van der Waals surface area contributed by atoms with Gasteiger partial charge in [0.1, 0.15) is 17.0 Å². The molecule has 5 rings (SSSR count). The van der Waals surface area contributed by atoms with Gasteiger partial charge in [0.25, 0.3) is 11.5 Å². The van der Waals surface area contributed by atoms with Gasteiger partial charge in [0.05, 0.1) is 23.7 Å². The third-order valence-electron chi connectivity index (χ3n) is 5.78. The van der Waals surface area contributed by atoms with Gasteiger partial charge in [-0.3, -0.25) is 23.6 Å². The van der Waals surface area contributed by atoms with Crippen molar-refractivity contribution in [1.82, 2.24) is 29.0 Å². The molecule has 0 aromatic carbocycles. The maximum Gasteiger partial charge on any atom is 0.332 e. The number of carbonyl (C=O) groups excluding carboxylic acids is 1. The maximum atomic E-state index is 13.7. The van der Waals surface area contributed by atoms with Crippen molar-refractivity contribution in [2.75, 3.05) is 13.2 Å². The van der Waals surface area contributed by atoms with Gasteiger partial charge >= 0.3 is 5.69 Å². The molecule has 0 saturated carbocycles. The summed E-state index contributed by atoms with van der Waals surface area (Å²) in [4.78, 5) is 50.7. The van der Waals surface area contributed by atoms with Crippen LogP contribution in [0.3, 0.4) is 0 Å². The number of aliphatic hydroxyl groups is 1. The number of thiophene rings is 1. The number of hydrogen-bond acceptors (Lipinski definition) is 9. The van der Waals surface area contributed by atoms with Gasteiger partial charge in [0.2, 0.25) is 5.13 Å². The van der Waals surface area contributed by atoms with Crippen LogP contribution >= 0.6 is 22.7 Å². The van der Waals surface area contributed by atoms with Gasteiger partial charge in [-0.1, -0.05) is 0 Å². The Kier molecular flexibility index (Phi) is 5.74. The van der Waals surface area contributed by atoms with Gasteiger partial charge in [-0.2, -0.15) is 5.10 Å². The van der Waals surface area contributed by atoms with Crippen molar-refractivity contribution in [3.63, 3.8) is 0 Å². The van der Waals surface area contributed by atoms with Crippen LogP contribution < -0.4 is 11.2 Å². The van der Waals surface area contributed by atoms with E-state index >= 15 is 0 Å². The molecular weight excluding hydrogens is 492 g/mol. The van der Waals surface area contributed by atoms with Crippen molar-refractivity contribution in [3.8, 4) is 5.13 Å². The van der Waals surface area contributed by atoms with E-state index in [9.17, 15) is 19.5 Å². The first-order valence-electron chi connectivity index (χ1n) is 10.9. The van der Waals surface area contributed by atoms with E-state index in [1.807, 2.05) is 25.4 Å². The van der Waals surface area contributed by atoms with Crippen molar-refractivity contribution in [1.29, 1.82) is 0 Å². The van der Waals surface area contributed by atoms with Crippen LogP contribution in [0.4, 0.5) is 0 Å². The summed E-state index contributed by atoms with van der Waals surface area (Å²) in [6, 6.07) is -0.234. The first-order valence-corrected chi connectivity index (χ1v) is 12.6. The van der Waals surface area contributed by atoms with E-state index in [4.69, 9.17) is 4.84 Å². The van der Waals surface area contributed by atoms with E-state index in [0.717, 1.165) is 15.2 Å². The Labute approximate surface area is 207 Å². The Morgan fingerprint density at radius 3 is 2.74 bits per heavy atom. The molecule has 0 aliphatic carbocycles. The van der Waals surface area contributed by atoms with E-state index in [2.05, 4.69) is 10.1 Å². The largest absolute Gasteiger partial charge is 0.386 e. The molecule has 0 spiro atoms. The minimum absolute atomic E-state index is 0.0330. The maximum absolute atomic E-state index is 13.7. The molecule has 1 amide bonds. The second kappa shape index (κ2) is 8.52. The van der Waals surface area contributed by atoms with Crippen molar-refractivity contribution < 1.29 is 14.7 Å². The van der Waals surface area contributed by atoms with Crippen LogP contribution in [0, 0.1) is 0 Å². The number of fused-ring (bicyclic) bond motifs is 1. The monoisotopic (exact) mass is 516 g/mol. The molecule has 0 radical (unpaired) electrons. The molecule has 1 aliphatic heterocycles. The van der Waals surface area contributed by atoms with E-state index in [-0.39, 0.29) is 30.1 Å². The predicted molar refractivity (Wildman–Crippen MR) is 131 cm³/mol. The number of aromatic nitrogens is 5. The van der Waals surface area contributed by atoms with E-state index < -0.39 is 22.8 Å². The van der Waals surface area contributed by atoms with E-state index in [1.165, 1.54) is 34.3 Å². The Hall–Kier alpha value is -3.13. The molecule has 1 saturated heterocycles. The second-order valence-electron chi connectivity index (χ2n) is 9.09. The fourth-order valence-corrected chi connectivity index (χ4v) is 6.10. The number of hydroxylamine groups is 2. The van der Waals surface area contributed by atoms with Gasteiger partial charge in [-0.15, -0.1) is 22.7 Å². The van der Waals surface area contributed by atoms with E-state index in [1.54, 1.807) is 24.0 Å². The third kappa shape index (κ3) is 4.03. The lowest BCUT2D eigenvalue weighted by molar-refractivity contribution is -0.0796. The molecule has 35 heavy (non-hydrogen) atoms. The van der Waals surface area contributed by atoms with Crippen molar-refractivity contribution >= 4 is 38.8 Å². The Bertz CT molecular complexity index is 1540. The van der Waals surface area contributed by atoms with Crippen LogP contribution in [-0.4, -0.2) is 58.7 Å². The van der Waals surface area contributed by atoms with Crippen LogP contribution in [0.2, 0.25) is 0 Å². The molecule has 5 heterocycles. The SMILES string of the molecule is CC(C)n1c(=O)n(C)c(=O)c2c(C(=O)N3C[C@](C)(O)CO3)c(Cc3cnn(-c4nccs4)c3)sc21. The molecule has 1 aliphatic rings. The van der Waals surface area contributed by atoms with Crippen LogP contribution in [0.1, 0.15) is 47.6 Å². The molecular formula is C22H24N6O5S2. The highest BCUT2D eigenvalue weighted by Crippen LogP contribution is 2.34. The standard InChI is InChI=1S/C22H24N6O5S2/c1-12(2)28-19-16(17(29)25(4)21(28)31)15(18(30)27-10-22(3,32)11-33-27)14(35-19)7-13-8-24-26(9-13)20-23-5-6-34-20/h5-6,8-9,12,32H,7,10-11H2,1-4H3/t22-/m0/s1. The summed E-state index contributed by atoms with van der Waals surface area (Å²) >= 11 is 2.68. The van der Waals surface area contributed by atoms with Gasteiger partial charge in [-0.25, -0.2) is 19.5 Å². The zero-order chi connectivity index (χ0) is 25.1. The van der Waals surface area contributed by atoms with Crippen LogP contribution in [0.5, 0.6) is 0 Å². The predicted octanol–water partition coefficient (Wildman–Crippen LogP) is 1.71. The van der Waals surface area contributed by atoms with E-state index in [0.29, 0.717) is 21.3 Å². The number of thiazole rings is 1. The summed E-state index contributed by atoms with van der Waals surface area (Å²) in [5.41, 5.74) is -1.19. The number of amides is 1. The zero-order valence-electron chi connectivity index (χ0n) is 19.6. The third-order valence-corrected chi connectivity index (χ3v) is 7.73. The molecule has 13 heteroatoms. The molecule has 11 nitrogen and oxygen atoms in total. The van der Waals surface area contributed by atoms with Gasteiger partial charge in [-0.05, 0) is 26.3 Å². The number of β-amino-alcohol motifs (C(OH)–C–C–N with tert-alkyl or cyclic N) is 1. The zero-order valence-corrected chi connectivity index (χ0v) is 21.2. The Balaban J connectivity index is 1.69. The second-order valence-corrected chi connectivity index (χ2v) is 11.0. The summed E-state index contributed by atoms with van der Waals surface area (Å²) in [5, 5.41) is 18.5. The Morgan fingerprint density at radius 2 is 2.11 bits per heavy atom. The fraction of sp³-hybridized carbons (Fsp3) is 0.409. The molecule has 0 unspecified atom stereocenters. The van der Waals surface area contributed by atoms with Crippen molar-refractivity contribution in [2.45, 2.75) is 38.8 Å². The highest BCUT2D eigenvalue weighted by atomic mass is 32.1. The lowest BCUT2D eigenvalue weighted by Gasteiger charge is -2.17. The highest BCUT2D eigenvalue weighted by Gasteiger charge is 2.38. The molecule has 1 N–H and O–H groups in total. The molecule has 4 aromatic rings. The summed E-state index contributed by atoms with van der Waals surface area (Å²) in [5.74, 6) is -0.526. The first-order chi connectivity index (χ1) is 16.6. The average molecular weight is 517 g/mol. The van der Waals surface area contributed by atoms with Gasteiger partial charge in [0.15, 0.2) is 0 Å².